The summed E-state index contributed by atoms with van der Waals surface area (Å²) in [5.41, 5.74) is 4.52. The number of hydrogen-bond donors (Lipinski definition) is 1. The Morgan fingerprint density at radius 2 is 1.58 bits per heavy atom. The predicted molar refractivity (Wildman–Crippen MR) is 144 cm³/mol. The molecule has 0 radical (unpaired) electrons. The Morgan fingerprint density at radius 1 is 0.889 bits per heavy atom. The molecule has 0 saturated heterocycles. The number of aryl methyl sites for hydroxylation is 1. The number of nitrogens with one attached hydrogen (secondary N) is 1. The molecule has 1 aliphatic carbocycles. The van der Waals surface area contributed by atoms with Crippen molar-refractivity contribution in [3.8, 4) is 11.5 Å². The van der Waals surface area contributed by atoms with Crippen molar-refractivity contribution in [1.82, 2.24) is 4.57 Å². The first-order valence-corrected chi connectivity index (χ1v) is 13.0. The van der Waals surface area contributed by atoms with Crippen LogP contribution in [0.3, 0.4) is 0 Å². The maximum Gasteiger partial charge on any atom is 0.263 e. The number of fused-ring (bicyclic) bond motifs is 3. The summed E-state index contributed by atoms with van der Waals surface area (Å²) in [6, 6.07) is 20.9. The number of rotatable bonds is 7. The fraction of sp³-hybridized carbons (Fsp3) is 0.241. The second kappa shape index (κ2) is 10.5. The van der Waals surface area contributed by atoms with Gasteiger partial charge in [-0.3, -0.25) is 14.2 Å². The van der Waals surface area contributed by atoms with Crippen LogP contribution >= 0.6 is 11.8 Å². The number of hydrogen-bond acceptors (Lipinski definition) is 5. The maximum atomic E-state index is 13.3. The minimum Gasteiger partial charge on any atom is -0.496 e. The first-order chi connectivity index (χ1) is 17.6. The smallest absolute Gasteiger partial charge is 0.263 e. The van der Waals surface area contributed by atoms with Crippen LogP contribution in [0.2, 0.25) is 0 Å². The number of methoxy groups -OCH3 is 2. The molecule has 0 spiro atoms. The van der Waals surface area contributed by atoms with E-state index in [2.05, 4.69) is 11.4 Å². The van der Waals surface area contributed by atoms with Crippen LogP contribution in [0.5, 0.6) is 11.5 Å². The number of benzene rings is 3. The molecule has 1 heterocycles. The third kappa shape index (κ3) is 4.58. The van der Waals surface area contributed by atoms with Gasteiger partial charge in [-0.05, 0) is 73.7 Å². The highest BCUT2D eigenvalue weighted by Crippen LogP contribution is 2.33. The Kier molecular flexibility index (Phi) is 7.00. The van der Waals surface area contributed by atoms with E-state index in [9.17, 15) is 9.59 Å². The Balaban J connectivity index is 1.28. The van der Waals surface area contributed by atoms with Gasteiger partial charge in [-0.15, -0.1) is 11.8 Å². The molecule has 1 amide bonds. The van der Waals surface area contributed by atoms with E-state index in [1.165, 1.54) is 49.0 Å². The fourth-order valence-corrected chi connectivity index (χ4v) is 5.64. The highest BCUT2D eigenvalue weighted by Gasteiger charge is 2.23. The molecule has 0 aliphatic heterocycles. The molecule has 1 aromatic heterocycles. The topological polar surface area (TPSA) is 69.6 Å². The molecule has 0 saturated carbocycles. The zero-order valence-corrected chi connectivity index (χ0v) is 21.2. The molecular formula is C29H28N2O4S. The number of carbonyl (C=O) groups excluding carboxylic acids is 2. The molecular weight excluding hydrogens is 472 g/mol. The summed E-state index contributed by atoms with van der Waals surface area (Å²) < 4.78 is 12.6. The number of nitrogens with zero attached hydrogens (tertiary/aromatic N) is 1. The lowest BCUT2D eigenvalue weighted by atomic mass is 9.96. The highest BCUT2D eigenvalue weighted by molar-refractivity contribution is 8.00. The molecule has 4 aromatic rings. The molecule has 184 valence electrons. The van der Waals surface area contributed by atoms with E-state index in [0.29, 0.717) is 28.5 Å². The third-order valence-electron chi connectivity index (χ3n) is 6.56. The Labute approximate surface area is 214 Å². The second-order valence-corrected chi connectivity index (χ2v) is 9.73. The van der Waals surface area contributed by atoms with Gasteiger partial charge >= 0.3 is 0 Å². The average molecular weight is 501 g/mol. The van der Waals surface area contributed by atoms with Crippen molar-refractivity contribution in [3.05, 3.63) is 83.6 Å². The second-order valence-electron chi connectivity index (χ2n) is 8.68. The average Bonchev–Trinajstić information content (AvgIpc) is 3.26. The molecule has 36 heavy (non-hydrogen) atoms. The lowest BCUT2D eigenvalue weighted by Crippen LogP contribution is -2.18. The van der Waals surface area contributed by atoms with Crippen molar-refractivity contribution in [1.29, 1.82) is 0 Å². The zero-order valence-electron chi connectivity index (χ0n) is 20.4. The zero-order chi connectivity index (χ0) is 25.1. The van der Waals surface area contributed by atoms with E-state index in [4.69, 9.17) is 9.47 Å². The Hall–Kier alpha value is -3.71. The molecule has 1 N–H and O–H groups in total. The lowest BCUT2D eigenvalue weighted by Gasteiger charge is -2.15. The number of ether oxygens (including phenoxy) is 2. The molecule has 0 atom stereocenters. The first-order valence-electron chi connectivity index (χ1n) is 12.0. The van der Waals surface area contributed by atoms with Gasteiger partial charge in [0.1, 0.15) is 17.1 Å². The summed E-state index contributed by atoms with van der Waals surface area (Å²) in [5, 5.41) is 4.10. The quantitative estimate of drug-likeness (QED) is 0.305. The van der Waals surface area contributed by atoms with Gasteiger partial charge in [0, 0.05) is 21.7 Å². The Bertz CT molecular complexity index is 1400. The van der Waals surface area contributed by atoms with Gasteiger partial charge < -0.3 is 14.8 Å². The number of carbonyl (C=O) groups is 2. The molecule has 3 aromatic carbocycles. The summed E-state index contributed by atoms with van der Waals surface area (Å²) in [5.74, 6) is 1.01. The van der Waals surface area contributed by atoms with Crippen LogP contribution < -0.4 is 14.8 Å². The molecule has 0 bridgehead atoms. The molecule has 6 nitrogen and oxygen atoms in total. The number of amides is 1. The first kappa shape index (κ1) is 24.0. The van der Waals surface area contributed by atoms with Crippen LogP contribution in [0.25, 0.3) is 10.9 Å². The van der Waals surface area contributed by atoms with Gasteiger partial charge in [0.2, 0.25) is 5.91 Å². The summed E-state index contributed by atoms with van der Waals surface area (Å²) in [6.07, 6.45) is 4.29. The fourth-order valence-electron chi connectivity index (χ4n) is 4.89. The molecule has 7 heteroatoms. The van der Waals surface area contributed by atoms with Crippen molar-refractivity contribution in [2.75, 3.05) is 25.3 Å². The standard InChI is InChI=1S/C29H28N2O4S/c1-34-25-12-7-13-26(35-2)28(25)29(33)30-19-14-16-20(17-15-19)36-18-27(32)31-23-10-5-3-8-21(23)22-9-4-6-11-24(22)31/h3,5,7-8,10,12-17H,4,6,9,11,18H2,1-2H3,(H,30,33). The minimum absolute atomic E-state index is 0.0972. The van der Waals surface area contributed by atoms with Crippen molar-refractivity contribution in [3.63, 3.8) is 0 Å². The molecule has 5 rings (SSSR count). The maximum absolute atomic E-state index is 13.3. The SMILES string of the molecule is COc1cccc(OC)c1C(=O)Nc1ccc(SCC(=O)n2c3c(c4ccccc42)CCCC3)cc1. The Morgan fingerprint density at radius 3 is 2.31 bits per heavy atom. The number of para-hydroxylation sites is 1. The van der Waals surface area contributed by atoms with Crippen LogP contribution in [0.1, 0.15) is 39.3 Å². The minimum atomic E-state index is -0.316. The van der Waals surface area contributed by atoms with Gasteiger partial charge in [-0.1, -0.05) is 24.3 Å². The van der Waals surface area contributed by atoms with Crippen molar-refractivity contribution in [2.24, 2.45) is 0 Å². The van der Waals surface area contributed by atoms with Gasteiger partial charge in [0.05, 0.1) is 25.5 Å². The van der Waals surface area contributed by atoms with Crippen molar-refractivity contribution in [2.45, 2.75) is 30.6 Å². The normalized spacial score (nSPS) is 12.7. The van der Waals surface area contributed by atoms with Gasteiger partial charge in [-0.2, -0.15) is 0 Å². The van der Waals surface area contributed by atoms with Crippen LogP contribution in [-0.2, 0) is 12.8 Å². The summed E-state index contributed by atoms with van der Waals surface area (Å²) >= 11 is 1.50. The number of anilines is 1. The van der Waals surface area contributed by atoms with E-state index in [1.807, 2.05) is 47.0 Å². The monoisotopic (exact) mass is 500 g/mol. The van der Waals surface area contributed by atoms with Gasteiger partial charge in [0.25, 0.3) is 5.91 Å². The van der Waals surface area contributed by atoms with E-state index in [0.717, 1.165) is 29.7 Å². The largest absolute Gasteiger partial charge is 0.496 e. The molecule has 1 aliphatic rings. The van der Waals surface area contributed by atoms with Crippen LogP contribution in [-0.4, -0.2) is 36.4 Å². The van der Waals surface area contributed by atoms with Crippen LogP contribution in [0, 0.1) is 0 Å². The van der Waals surface area contributed by atoms with E-state index >= 15 is 0 Å². The van der Waals surface area contributed by atoms with Crippen molar-refractivity contribution >= 4 is 40.2 Å². The van der Waals surface area contributed by atoms with Gasteiger partial charge in [-0.25, -0.2) is 0 Å². The van der Waals surface area contributed by atoms with E-state index in [-0.39, 0.29) is 11.8 Å². The molecule has 0 fully saturated rings. The lowest BCUT2D eigenvalue weighted by molar-refractivity contribution is 0.0942. The van der Waals surface area contributed by atoms with Crippen LogP contribution in [0.4, 0.5) is 5.69 Å². The predicted octanol–water partition coefficient (Wildman–Crippen LogP) is 6.22. The van der Waals surface area contributed by atoms with E-state index < -0.39 is 0 Å². The summed E-state index contributed by atoms with van der Waals surface area (Å²) in [4.78, 5) is 27.2. The number of thioether (sulfide) groups is 1. The third-order valence-corrected chi connectivity index (χ3v) is 7.55. The summed E-state index contributed by atoms with van der Waals surface area (Å²) in [6.45, 7) is 0. The summed E-state index contributed by atoms with van der Waals surface area (Å²) in [7, 11) is 3.04. The van der Waals surface area contributed by atoms with Crippen LogP contribution in [0.15, 0.2) is 71.6 Å². The van der Waals surface area contributed by atoms with Crippen molar-refractivity contribution < 1.29 is 19.1 Å². The highest BCUT2D eigenvalue weighted by atomic mass is 32.2. The van der Waals surface area contributed by atoms with E-state index in [1.54, 1.807) is 18.2 Å². The molecule has 0 unspecified atom stereocenters. The number of aromatic nitrogens is 1. The van der Waals surface area contributed by atoms with Gasteiger partial charge in [0.15, 0.2) is 0 Å².